The highest BCUT2D eigenvalue weighted by molar-refractivity contribution is 6.31. The molecule has 2 rings (SSSR count). The highest BCUT2D eigenvalue weighted by atomic mass is 35.5. The van der Waals surface area contributed by atoms with Gasteiger partial charge in [0.15, 0.2) is 0 Å². The van der Waals surface area contributed by atoms with Crippen LogP contribution in [0.2, 0.25) is 5.02 Å². The Morgan fingerprint density at radius 3 is 2.44 bits per heavy atom. The lowest BCUT2D eigenvalue weighted by Crippen LogP contribution is -2.06. The molecule has 0 aliphatic carbocycles. The van der Waals surface area contributed by atoms with Crippen LogP contribution in [0.4, 0.5) is 0 Å². The quantitative estimate of drug-likeness (QED) is 0.897. The molecule has 0 saturated heterocycles. The van der Waals surface area contributed by atoms with Crippen LogP contribution in [-0.2, 0) is 0 Å². The van der Waals surface area contributed by atoms with Crippen LogP contribution in [-0.4, -0.2) is 15.6 Å². The molecule has 0 radical (unpaired) electrons. The van der Waals surface area contributed by atoms with E-state index < -0.39 is 5.97 Å². The fourth-order valence-corrected chi connectivity index (χ4v) is 2.43. The number of aryl methyl sites for hydroxylation is 1. The molecule has 0 unspecified atom stereocenters. The summed E-state index contributed by atoms with van der Waals surface area (Å²) in [5.41, 5.74) is 3.82. The van der Waals surface area contributed by atoms with Gasteiger partial charge in [-0.05, 0) is 44.5 Å². The first-order valence-electron chi connectivity index (χ1n) is 5.61. The van der Waals surface area contributed by atoms with Gasteiger partial charge in [-0.25, -0.2) is 4.79 Å². The zero-order valence-corrected chi connectivity index (χ0v) is 11.2. The second-order valence-corrected chi connectivity index (χ2v) is 4.72. The monoisotopic (exact) mass is 263 g/mol. The number of carboxylic acid groups (broad SMARTS) is 1. The van der Waals surface area contributed by atoms with Crippen molar-refractivity contribution in [2.45, 2.75) is 20.8 Å². The number of carboxylic acids is 1. The fraction of sp³-hybridized carbons (Fsp3) is 0.214. The van der Waals surface area contributed by atoms with Crippen LogP contribution in [0.1, 0.15) is 27.3 Å². The summed E-state index contributed by atoms with van der Waals surface area (Å²) in [5, 5.41) is 9.83. The minimum Gasteiger partial charge on any atom is -0.478 e. The Morgan fingerprint density at radius 1 is 1.28 bits per heavy atom. The Kier molecular flexibility index (Phi) is 3.18. The Bertz CT molecular complexity index is 629. The summed E-state index contributed by atoms with van der Waals surface area (Å²) in [4.78, 5) is 11.1. The first-order chi connectivity index (χ1) is 8.43. The third kappa shape index (κ3) is 1.91. The summed E-state index contributed by atoms with van der Waals surface area (Å²) < 4.78 is 1.98. The molecule has 1 N–H and O–H groups in total. The van der Waals surface area contributed by atoms with Crippen molar-refractivity contribution in [3.8, 4) is 5.69 Å². The maximum absolute atomic E-state index is 11.1. The topological polar surface area (TPSA) is 42.2 Å². The number of aromatic carboxylic acids is 1. The molecule has 3 nitrogen and oxygen atoms in total. The van der Waals surface area contributed by atoms with Crippen molar-refractivity contribution in [3.63, 3.8) is 0 Å². The molecule has 0 fully saturated rings. The molecular weight excluding hydrogens is 250 g/mol. The van der Waals surface area contributed by atoms with Crippen LogP contribution in [0.15, 0.2) is 24.3 Å². The predicted molar refractivity (Wildman–Crippen MR) is 71.9 cm³/mol. The van der Waals surface area contributed by atoms with Crippen molar-refractivity contribution < 1.29 is 9.90 Å². The highest BCUT2D eigenvalue weighted by Crippen LogP contribution is 2.27. The largest absolute Gasteiger partial charge is 0.478 e. The zero-order chi connectivity index (χ0) is 13.4. The average Bonchev–Trinajstić information content (AvgIpc) is 2.54. The van der Waals surface area contributed by atoms with Crippen LogP contribution in [0.25, 0.3) is 5.69 Å². The molecule has 18 heavy (non-hydrogen) atoms. The van der Waals surface area contributed by atoms with Crippen molar-refractivity contribution in [1.82, 2.24) is 4.57 Å². The maximum Gasteiger partial charge on any atom is 0.336 e. The third-order valence-electron chi connectivity index (χ3n) is 3.15. The van der Waals surface area contributed by atoms with E-state index in [2.05, 4.69) is 0 Å². The summed E-state index contributed by atoms with van der Waals surface area (Å²) >= 11 is 6.10. The van der Waals surface area contributed by atoms with Gasteiger partial charge in [-0.1, -0.05) is 17.7 Å². The van der Waals surface area contributed by atoms with Gasteiger partial charge in [-0.2, -0.15) is 0 Å². The second-order valence-electron chi connectivity index (χ2n) is 4.31. The van der Waals surface area contributed by atoms with E-state index in [9.17, 15) is 4.79 Å². The number of aromatic nitrogens is 1. The Morgan fingerprint density at radius 2 is 1.94 bits per heavy atom. The van der Waals surface area contributed by atoms with Crippen LogP contribution in [0, 0.1) is 20.8 Å². The van der Waals surface area contributed by atoms with Crippen LogP contribution in [0.3, 0.4) is 0 Å². The Labute approximate surface area is 111 Å². The van der Waals surface area contributed by atoms with Gasteiger partial charge in [-0.3, -0.25) is 0 Å². The highest BCUT2D eigenvalue weighted by Gasteiger charge is 2.15. The number of hydrogen-bond acceptors (Lipinski definition) is 1. The van der Waals surface area contributed by atoms with E-state index in [1.54, 1.807) is 12.1 Å². The van der Waals surface area contributed by atoms with Gasteiger partial charge in [-0.15, -0.1) is 0 Å². The third-order valence-corrected chi connectivity index (χ3v) is 3.53. The summed E-state index contributed by atoms with van der Waals surface area (Å²) in [5.74, 6) is -0.914. The van der Waals surface area contributed by atoms with E-state index in [0.717, 1.165) is 22.6 Å². The minimum absolute atomic E-state index is 0.316. The smallest absolute Gasteiger partial charge is 0.336 e. The summed E-state index contributed by atoms with van der Waals surface area (Å²) in [6, 6.07) is 7.14. The Hall–Kier alpha value is -1.74. The lowest BCUT2D eigenvalue weighted by Gasteiger charge is -2.14. The molecule has 1 aromatic heterocycles. The van der Waals surface area contributed by atoms with Gasteiger partial charge in [0.05, 0.1) is 10.6 Å². The van der Waals surface area contributed by atoms with Crippen LogP contribution >= 0.6 is 11.6 Å². The number of nitrogens with zero attached hydrogens (tertiary/aromatic N) is 1. The van der Waals surface area contributed by atoms with Crippen molar-refractivity contribution in [3.05, 3.63) is 51.8 Å². The zero-order valence-electron chi connectivity index (χ0n) is 10.5. The molecule has 94 valence electrons. The second kappa shape index (κ2) is 4.50. The summed E-state index contributed by atoms with van der Waals surface area (Å²) in [6.45, 7) is 5.68. The molecule has 0 bridgehead atoms. The lowest BCUT2D eigenvalue weighted by molar-refractivity contribution is 0.0696. The van der Waals surface area contributed by atoms with Gasteiger partial charge < -0.3 is 9.67 Å². The predicted octanol–water partition coefficient (Wildman–Crippen LogP) is 3.75. The van der Waals surface area contributed by atoms with E-state index in [1.165, 1.54) is 0 Å². The molecule has 0 atom stereocenters. The molecule has 1 heterocycles. The fourth-order valence-electron chi connectivity index (χ4n) is 2.19. The van der Waals surface area contributed by atoms with Gasteiger partial charge in [0.2, 0.25) is 0 Å². The first-order valence-corrected chi connectivity index (χ1v) is 5.99. The van der Waals surface area contributed by atoms with Crippen LogP contribution < -0.4 is 0 Å². The molecule has 4 heteroatoms. The number of benzene rings is 1. The molecular formula is C14H14ClNO2. The molecule has 0 aliphatic rings. The van der Waals surface area contributed by atoms with Gasteiger partial charge in [0.25, 0.3) is 0 Å². The average molecular weight is 264 g/mol. The summed E-state index contributed by atoms with van der Waals surface area (Å²) in [7, 11) is 0. The molecule has 1 aromatic carbocycles. The SMILES string of the molecule is Cc1c(C(=O)O)cccc1-n1c(C)cc(Cl)c1C. The maximum atomic E-state index is 11.1. The number of halogens is 1. The van der Waals surface area contributed by atoms with E-state index in [1.807, 2.05) is 37.5 Å². The summed E-state index contributed by atoms with van der Waals surface area (Å²) in [6.07, 6.45) is 0. The standard InChI is InChI=1S/C14H14ClNO2/c1-8-7-12(15)10(3)16(8)13-6-4-5-11(9(13)2)14(17)18/h4-7H,1-3H3,(H,17,18). The number of rotatable bonds is 2. The van der Waals surface area contributed by atoms with Gasteiger partial charge in [0.1, 0.15) is 0 Å². The van der Waals surface area contributed by atoms with Crippen molar-refractivity contribution in [1.29, 1.82) is 0 Å². The molecule has 2 aromatic rings. The van der Waals surface area contributed by atoms with E-state index in [0.29, 0.717) is 10.6 Å². The van der Waals surface area contributed by atoms with E-state index >= 15 is 0 Å². The lowest BCUT2D eigenvalue weighted by atomic mass is 10.1. The molecule has 0 saturated carbocycles. The van der Waals surface area contributed by atoms with Gasteiger partial charge >= 0.3 is 5.97 Å². The van der Waals surface area contributed by atoms with E-state index in [4.69, 9.17) is 16.7 Å². The van der Waals surface area contributed by atoms with Crippen molar-refractivity contribution in [2.75, 3.05) is 0 Å². The molecule has 0 amide bonds. The Balaban J connectivity index is 2.72. The first kappa shape index (κ1) is 12.7. The van der Waals surface area contributed by atoms with Crippen LogP contribution in [0.5, 0.6) is 0 Å². The van der Waals surface area contributed by atoms with Gasteiger partial charge in [0, 0.05) is 17.1 Å². The normalized spacial score (nSPS) is 10.7. The molecule has 0 aliphatic heterocycles. The van der Waals surface area contributed by atoms with Crippen molar-refractivity contribution >= 4 is 17.6 Å². The number of carbonyl (C=O) groups is 1. The van der Waals surface area contributed by atoms with Crippen molar-refractivity contribution in [2.24, 2.45) is 0 Å². The minimum atomic E-state index is -0.914. The molecule has 0 spiro atoms. The van der Waals surface area contributed by atoms with E-state index in [-0.39, 0.29) is 0 Å². The number of hydrogen-bond donors (Lipinski definition) is 1.